The van der Waals surface area contributed by atoms with Crippen molar-refractivity contribution in [1.82, 2.24) is 9.46 Å². The SMILES string of the molecule is Cc1noc(C)c1S(=O)(=O)N1CCC(C(=O)Nc2ccc(Cl)c(C#N)c2)CC1. The number of hydrogen-bond donors (Lipinski definition) is 1. The minimum absolute atomic E-state index is 0.0978. The topological polar surface area (TPSA) is 116 Å². The van der Waals surface area contributed by atoms with Crippen LogP contribution in [0.5, 0.6) is 0 Å². The Labute approximate surface area is 168 Å². The number of piperidine rings is 1. The molecule has 0 unspecified atom stereocenters. The van der Waals surface area contributed by atoms with E-state index in [2.05, 4.69) is 10.5 Å². The third kappa shape index (κ3) is 3.90. The number of halogens is 1. The maximum absolute atomic E-state index is 12.8. The van der Waals surface area contributed by atoms with Crippen molar-refractivity contribution in [1.29, 1.82) is 5.26 Å². The van der Waals surface area contributed by atoms with Crippen molar-refractivity contribution < 1.29 is 17.7 Å². The zero-order valence-corrected chi connectivity index (χ0v) is 17.0. The molecule has 1 aromatic carbocycles. The third-order valence-electron chi connectivity index (χ3n) is 4.74. The highest BCUT2D eigenvalue weighted by molar-refractivity contribution is 7.89. The molecule has 0 aliphatic carbocycles. The Morgan fingerprint density at radius 2 is 2.04 bits per heavy atom. The molecule has 1 aromatic heterocycles. The van der Waals surface area contributed by atoms with Crippen LogP contribution in [-0.4, -0.2) is 36.9 Å². The van der Waals surface area contributed by atoms with Gasteiger partial charge in [0, 0.05) is 24.7 Å². The number of aryl methyl sites for hydroxylation is 2. The highest BCUT2D eigenvalue weighted by Gasteiger charge is 2.35. The molecule has 8 nitrogen and oxygen atoms in total. The summed E-state index contributed by atoms with van der Waals surface area (Å²) in [5.74, 6) is -0.272. The molecule has 2 heterocycles. The van der Waals surface area contributed by atoms with Gasteiger partial charge >= 0.3 is 0 Å². The van der Waals surface area contributed by atoms with Crippen molar-refractivity contribution in [3.8, 4) is 6.07 Å². The average Bonchev–Trinajstić information content (AvgIpc) is 3.02. The third-order valence-corrected chi connectivity index (χ3v) is 7.22. The summed E-state index contributed by atoms with van der Waals surface area (Å²) in [6.45, 7) is 3.61. The number of rotatable bonds is 4. The molecule has 148 valence electrons. The van der Waals surface area contributed by atoms with Gasteiger partial charge in [0.1, 0.15) is 16.7 Å². The van der Waals surface area contributed by atoms with E-state index >= 15 is 0 Å². The Bertz CT molecular complexity index is 1030. The van der Waals surface area contributed by atoms with Crippen LogP contribution >= 0.6 is 11.6 Å². The van der Waals surface area contributed by atoms with Crippen LogP contribution in [0.3, 0.4) is 0 Å². The molecule has 0 spiro atoms. The first kappa shape index (κ1) is 20.3. The molecule has 1 amide bonds. The molecule has 0 atom stereocenters. The van der Waals surface area contributed by atoms with Crippen LogP contribution in [0.1, 0.15) is 29.9 Å². The van der Waals surface area contributed by atoms with Gasteiger partial charge in [-0.15, -0.1) is 0 Å². The van der Waals surface area contributed by atoms with E-state index in [9.17, 15) is 13.2 Å². The summed E-state index contributed by atoms with van der Waals surface area (Å²) in [5.41, 5.74) is 1.09. The smallest absolute Gasteiger partial charge is 0.248 e. The molecular formula is C18H19ClN4O4S. The van der Waals surface area contributed by atoms with Crippen molar-refractivity contribution in [3.63, 3.8) is 0 Å². The van der Waals surface area contributed by atoms with E-state index in [4.69, 9.17) is 21.4 Å². The summed E-state index contributed by atoms with van der Waals surface area (Å²) in [4.78, 5) is 12.6. The van der Waals surface area contributed by atoms with Gasteiger partial charge in [-0.1, -0.05) is 16.8 Å². The van der Waals surface area contributed by atoms with Crippen LogP contribution in [0.25, 0.3) is 0 Å². The summed E-state index contributed by atoms with van der Waals surface area (Å²) >= 11 is 5.90. The van der Waals surface area contributed by atoms with Gasteiger partial charge in [0.25, 0.3) is 0 Å². The maximum Gasteiger partial charge on any atom is 0.248 e. The number of anilines is 1. The molecule has 0 saturated carbocycles. The fraction of sp³-hybridized carbons (Fsp3) is 0.389. The van der Waals surface area contributed by atoms with Crippen molar-refractivity contribution in [2.75, 3.05) is 18.4 Å². The predicted molar refractivity (Wildman–Crippen MR) is 102 cm³/mol. The van der Waals surface area contributed by atoms with Crippen LogP contribution in [0.15, 0.2) is 27.6 Å². The van der Waals surface area contributed by atoms with Gasteiger partial charge in [-0.25, -0.2) is 8.42 Å². The first-order chi connectivity index (χ1) is 13.2. The molecule has 0 bridgehead atoms. The summed E-state index contributed by atoms with van der Waals surface area (Å²) < 4.78 is 32.0. The van der Waals surface area contributed by atoms with Crippen molar-refractivity contribution in [3.05, 3.63) is 40.2 Å². The normalized spacial score (nSPS) is 15.9. The van der Waals surface area contributed by atoms with Crippen LogP contribution in [0.2, 0.25) is 5.02 Å². The van der Waals surface area contributed by atoms with E-state index in [0.29, 0.717) is 29.2 Å². The van der Waals surface area contributed by atoms with Gasteiger partial charge in [0.2, 0.25) is 15.9 Å². The van der Waals surface area contributed by atoms with Gasteiger partial charge in [-0.05, 0) is 44.9 Å². The van der Waals surface area contributed by atoms with Gasteiger partial charge < -0.3 is 9.84 Å². The lowest BCUT2D eigenvalue weighted by atomic mass is 9.97. The van der Waals surface area contributed by atoms with Crippen LogP contribution in [0, 0.1) is 31.1 Å². The minimum atomic E-state index is -3.71. The number of aromatic nitrogens is 1. The Kier molecular flexibility index (Phi) is 5.74. The van der Waals surface area contributed by atoms with E-state index < -0.39 is 10.0 Å². The Balaban J connectivity index is 1.65. The van der Waals surface area contributed by atoms with E-state index in [-0.39, 0.29) is 41.1 Å². The zero-order valence-electron chi connectivity index (χ0n) is 15.4. The minimum Gasteiger partial charge on any atom is -0.360 e. The molecule has 0 radical (unpaired) electrons. The van der Waals surface area contributed by atoms with Crippen LogP contribution < -0.4 is 5.32 Å². The van der Waals surface area contributed by atoms with Gasteiger partial charge in [0.05, 0.1) is 10.6 Å². The van der Waals surface area contributed by atoms with E-state index in [1.165, 1.54) is 10.4 Å². The second kappa shape index (κ2) is 7.91. The van der Waals surface area contributed by atoms with E-state index in [0.717, 1.165) is 0 Å². The molecule has 28 heavy (non-hydrogen) atoms. The average molecular weight is 423 g/mol. The molecule has 1 fully saturated rings. The molecule has 1 saturated heterocycles. The standard InChI is InChI=1S/C18H19ClN4O4S/c1-11-17(12(2)27-22-11)28(25,26)23-7-5-13(6-8-23)18(24)21-15-3-4-16(19)14(9-15)10-20/h3-4,9,13H,5-8H2,1-2H3,(H,21,24). The highest BCUT2D eigenvalue weighted by atomic mass is 35.5. The first-order valence-electron chi connectivity index (χ1n) is 8.67. The van der Waals surface area contributed by atoms with Gasteiger partial charge in [-0.2, -0.15) is 9.57 Å². The summed E-state index contributed by atoms with van der Waals surface area (Å²) in [6, 6.07) is 6.65. The lowest BCUT2D eigenvalue weighted by Gasteiger charge is -2.30. The monoisotopic (exact) mass is 422 g/mol. The fourth-order valence-corrected chi connectivity index (χ4v) is 5.18. The quantitative estimate of drug-likeness (QED) is 0.809. The number of hydrogen-bond acceptors (Lipinski definition) is 6. The van der Waals surface area contributed by atoms with Crippen LogP contribution in [0.4, 0.5) is 5.69 Å². The van der Waals surface area contributed by atoms with Crippen molar-refractivity contribution in [2.24, 2.45) is 5.92 Å². The summed E-state index contributed by atoms with van der Waals surface area (Å²) in [5, 5.41) is 15.8. The molecule has 10 heteroatoms. The zero-order chi connectivity index (χ0) is 20.5. The number of nitrogens with one attached hydrogen (secondary N) is 1. The van der Waals surface area contributed by atoms with Crippen molar-refractivity contribution >= 4 is 33.2 Å². The second-order valence-corrected chi connectivity index (χ2v) is 8.91. The molecular weight excluding hydrogens is 404 g/mol. The molecule has 1 aliphatic rings. The second-order valence-electron chi connectivity index (χ2n) is 6.63. The Morgan fingerprint density at radius 1 is 1.36 bits per heavy atom. The molecule has 1 N–H and O–H groups in total. The number of amides is 1. The molecule has 2 aromatic rings. The maximum atomic E-state index is 12.8. The fourth-order valence-electron chi connectivity index (χ4n) is 3.26. The molecule has 1 aliphatic heterocycles. The number of sulfonamides is 1. The highest BCUT2D eigenvalue weighted by Crippen LogP contribution is 2.28. The summed E-state index contributed by atoms with van der Waals surface area (Å²) in [6.07, 6.45) is 0.792. The van der Waals surface area contributed by atoms with E-state index in [1.54, 1.807) is 26.0 Å². The largest absolute Gasteiger partial charge is 0.360 e. The lowest BCUT2D eigenvalue weighted by Crippen LogP contribution is -2.41. The first-order valence-corrected chi connectivity index (χ1v) is 10.5. The predicted octanol–water partition coefficient (Wildman–Crippen LogP) is 2.86. The van der Waals surface area contributed by atoms with Gasteiger partial charge in [0.15, 0.2) is 5.76 Å². The number of carbonyl (C=O) groups excluding carboxylic acids is 1. The number of benzene rings is 1. The number of nitrogens with zero attached hydrogens (tertiary/aromatic N) is 3. The number of carbonyl (C=O) groups is 1. The van der Waals surface area contributed by atoms with E-state index in [1.807, 2.05) is 6.07 Å². The number of nitriles is 1. The summed E-state index contributed by atoms with van der Waals surface area (Å²) in [7, 11) is -3.71. The van der Waals surface area contributed by atoms with Crippen molar-refractivity contribution in [2.45, 2.75) is 31.6 Å². The molecule has 3 rings (SSSR count). The van der Waals surface area contributed by atoms with Gasteiger partial charge in [-0.3, -0.25) is 4.79 Å². The Morgan fingerprint density at radius 3 is 2.61 bits per heavy atom. The lowest BCUT2D eigenvalue weighted by molar-refractivity contribution is -0.120. The van der Waals surface area contributed by atoms with Crippen LogP contribution in [-0.2, 0) is 14.8 Å². The Hall–Kier alpha value is -2.41.